The van der Waals surface area contributed by atoms with Gasteiger partial charge in [0.15, 0.2) is 0 Å². The van der Waals surface area contributed by atoms with Crippen molar-refractivity contribution >= 4 is 11.8 Å². The first-order valence-electron chi connectivity index (χ1n) is 7.34. The van der Waals surface area contributed by atoms with Crippen molar-refractivity contribution < 1.29 is 9.59 Å². The molecule has 1 heterocycles. The molecule has 2 N–H and O–H groups in total. The minimum Gasteiger partial charge on any atom is -0.339 e. The first-order chi connectivity index (χ1) is 9.00. The number of nitrogens with two attached hydrogens (primary N) is 1. The molecule has 2 aliphatic rings. The van der Waals surface area contributed by atoms with Crippen LogP contribution in [0.1, 0.15) is 33.1 Å². The van der Waals surface area contributed by atoms with Crippen molar-refractivity contribution in [2.45, 2.75) is 39.2 Å². The highest BCUT2D eigenvalue weighted by atomic mass is 16.2. The summed E-state index contributed by atoms with van der Waals surface area (Å²) in [6, 6.07) is 0.0304. The summed E-state index contributed by atoms with van der Waals surface area (Å²) in [5.74, 6) is 0.421. The minimum absolute atomic E-state index is 0.00681. The maximum atomic E-state index is 12.4. The number of carbonyl (C=O) groups excluding carboxylic acids is 2. The number of amides is 2. The van der Waals surface area contributed by atoms with E-state index in [9.17, 15) is 9.59 Å². The third-order valence-corrected chi connectivity index (χ3v) is 4.28. The van der Waals surface area contributed by atoms with Crippen LogP contribution in [-0.2, 0) is 9.59 Å². The summed E-state index contributed by atoms with van der Waals surface area (Å²) in [6.07, 6.45) is 2.94. The van der Waals surface area contributed by atoms with Crippen molar-refractivity contribution in [1.82, 2.24) is 9.80 Å². The zero-order valence-electron chi connectivity index (χ0n) is 12.0. The Morgan fingerprint density at radius 1 is 1.05 bits per heavy atom. The zero-order valence-corrected chi connectivity index (χ0v) is 12.0. The summed E-state index contributed by atoms with van der Waals surface area (Å²) in [5, 5.41) is 0. The van der Waals surface area contributed by atoms with Crippen LogP contribution in [0.4, 0.5) is 0 Å². The summed E-state index contributed by atoms with van der Waals surface area (Å²) in [6.45, 7) is 6.45. The van der Waals surface area contributed by atoms with E-state index in [0.717, 1.165) is 19.3 Å². The second kappa shape index (κ2) is 5.90. The van der Waals surface area contributed by atoms with Gasteiger partial charge in [0.25, 0.3) is 0 Å². The van der Waals surface area contributed by atoms with E-state index in [2.05, 4.69) is 0 Å². The largest absolute Gasteiger partial charge is 0.339 e. The minimum atomic E-state index is 0.00681. The van der Waals surface area contributed by atoms with Crippen molar-refractivity contribution in [2.75, 3.05) is 26.2 Å². The van der Waals surface area contributed by atoms with E-state index in [1.54, 1.807) is 0 Å². The smallest absolute Gasteiger partial charge is 0.227 e. The van der Waals surface area contributed by atoms with Gasteiger partial charge in [-0.05, 0) is 12.8 Å². The van der Waals surface area contributed by atoms with Gasteiger partial charge in [0.05, 0.1) is 5.92 Å². The zero-order chi connectivity index (χ0) is 14.0. The molecule has 0 radical (unpaired) electrons. The average molecular weight is 267 g/mol. The molecule has 1 aliphatic carbocycles. The molecule has 2 atom stereocenters. The second-order valence-electron chi connectivity index (χ2n) is 6.01. The first kappa shape index (κ1) is 14.3. The van der Waals surface area contributed by atoms with Gasteiger partial charge in [-0.25, -0.2) is 0 Å². The lowest BCUT2D eigenvalue weighted by Crippen LogP contribution is -2.53. The molecule has 0 spiro atoms. The fourth-order valence-corrected chi connectivity index (χ4v) is 3.04. The fraction of sp³-hybridized carbons (Fsp3) is 0.857. The molecule has 0 aromatic heterocycles. The van der Waals surface area contributed by atoms with E-state index in [1.165, 1.54) is 0 Å². The van der Waals surface area contributed by atoms with Crippen molar-refractivity contribution in [3.05, 3.63) is 0 Å². The SMILES string of the molecule is CC(C)C(=O)N1CCN(C(=O)C2CCCC2N)CC1. The molecule has 2 amide bonds. The molecule has 5 heteroatoms. The molecule has 2 rings (SSSR count). The maximum absolute atomic E-state index is 12.4. The van der Waals surface area contributed by atoms with Gasteiger partial charge in [-0.2, -0.15) is 0 Å². The molecule has 19 heavy (non-hydrogen) atoms. The van der Waals surface area contributed by atoms with Crippen LogP contribution < -0.4 is 5.73 Å². The van der Waals surface area contributed by atoms with Crippen LogP contribution in [0.2, 0.25) is 0 Å². The monoisotopic (exact) mass is 267 g/mol. The van der Waals surface area contributed by atoms with Gasteiger partial charge < -0.3 is 15.5 Å². The third-order valence-electron chi connectivity index (χ3n) is 4.28. The van der Waals surface area contributed by atoms with Crippen molar-refractivity contribution in [3.63, 3.8) is 0 Å². The van der Waals surface area contributed by atoms with Gasteiger partial charge in [-0.15, -0.1) is 0 Å². The first-order valence-corrected chi connectivity index (χ1v) is 7.34. The Hall–Kier alpha value is -1.10. The number of carbonyl (C=O) groups is 2. The lowest BCUT2D eigenvalue weighted by Gasteiger charge is -2.37. The van der Waals surface area contributed by atoms with Crippen LogP contribution in [0.15, 0.2) is 0 Å². The van der Waals surface area contributed by atoms with Gasteiger partial charge in [0, 0.05) is 38.1 Å². The molecule has 2 fully saturated rings. The number of rotatable bonds is 2. The quantitative estimate of drug-likeness (QED) is 0.789. The molecule has 0 aromatic rings. The number of hydrogen-bond acceptors (Lipinski definition) is 3. The van der Waals surface area contributed by atoms with Crippen molar-refractivity contribution in [1.29, 1.82) is 0 Å². The summed E-state index contributed by atoms with van der Waals surface area (Å²) in [5.41, 5.74) is 5.99. The van der Waals surface area contributed by atoms with Crippen molar-refractivity contribution in [3.8, 4) is 0 Å². The molecule has 1 saturated heterocycles. The van der Waals surface area contributed by atoms with E-state index in [-0.39, 0.29) is 29.7 Å². The molecule has 5 nitrogen and oxygen atoms in total. The number of nitrogens with zero attached hydrogens (tertiary/aromatic N) is 2. The Morgan fingerprint density at radius 3 is 2.11 bits per heavy atom. The summed E-state index contributed by atoms with van der Waals surface area (Å²) in [4.78, 5) is 28.0. The Morgan fingerprint density at radius 2 is 1.63 bits per heavy atom. The van der Waals surface area contributed by atoms with Crippen LogP contribution in [0.25, 0.3) is 0 Å². The fourth-order valence-electron chi connectivity index (χ4n) is 3.04. The standard InChI is InChI=1S/C14H25N3O2/c1-10(2)13(18)16-6-8-17(9-7-16)14(19)11-4-3-5-12(11)15/h10-12H,3-9,15H2,1-2H3. The van der Waals surface area contributed by atoms with Gasteiger partial charge in [0.1, 0.15) is 0 Å². The van der Waals surface area contributed by atoms with E-state index < -0.39 is 0 Å². The number of hydrogen-bond donors (Lipinski definition) is 1. The summed E-state index contributed by atoms with van der Waals surface area (Å²) in [7, 11) is 0. The highest BCUT2D eigenvalue weighted by Gasteiger charge is 2.35. The van der Waals surface area contributed by atoms with E-state index in [4.69, 9.17) is 5.73 Å². The van der Waals surface area contributed by atoms with Crippen LogP contribution in [0.5, 0.6) is 0 Å². The molecule has 0 aromatic carbocycles. The molecule has 2 unspecified atom stereocenters. The van der Waals surface area contributed by atoms with E-state index >= 15 is 0 Å². The third kappa shape index (κ3) is 3.08. The lowest BCUT2D eigenvalue weighted by atomic mass is 10.0. The maximum Gasteiger partial charge on any atom is 0.227 e. The molecule has 1 aliphatic heterocycles. The lowest BCUT2D eigenvalue weighted by molar-refractivity contribution is -0.143. The van der Waals surface area contributed by atoms with Crippen LogP contribution in [-0.4, -0.2) is 53.8 Å². The van der Waals surface area contributed by atoms with Crippen LogP contribution in [0.3, 0.4) is 0 Å². The van der Waals surface area contributed by atoms with E-state index in [1.807, 2.05) is 23.6 Å². The van der Waals surface area contributed by atoms with Crippen LogP contribution in [0, 0.1) is 11.8 Å². The molecule has 0 bridgehead atoms. The molecular weight excluding hydrogens is 242 g/mol. The highest BCUT2D eigenvalue weighted by molar-refractivity contribution is 5.81. The van der Waals surface area contributed by atoms with Gasteiger partial charge in [0.2, 0.25) is 11.8 Å². The molecule has 108 valence electrons. The van der Waals surface area contributed by atoms with Gasteiger partial charge in [-0.3, -0.25) is 9.59 Å². The van der Waals surface area contributed by atoms with Crippen LogP contribution >= 0.6 is 0 Å². The molecular formula is C14H25N3O2. The Balaban J connectivity index is 1.86. The normalized spacial score (nSPS) is 28.0. The predicted molar refractivity (Wildman–Crippen MR) is 73.3 cm³/mol. The highest BCUT2D eigenvalue weighted by Crippen LogP contribution is 2.26. The Labute approximate surface area is 115 Å². The molecule has 1 saturated carbocycles. The van der Waals surface area contributed by atoms with E-state index in [0.29, 0.717) is 26.2 Å². The second-order valence-corrected chi connectivity index (χ2v) is 6.01. The predicted octanol–water partition coefficient (Wildman–Crippen LogP) is 0.441. The van der Waals surface area contributed by atoms with Gasteiger partial charge in [-0.1, -0.05) is 20.3 Å². The van der Waals surface area contributed by atoms with Crippen molar-refractivity contribution in [2.24, 2.45) is 17.6 Å². The topological polar surface area (TPSA) is 66.6 Å². The average Bonchev–Trinajstić information content (AvgIpc) is 2.83. The summed E-state index contributed by atoms with van der Waals surface area (Å²) < 4.78 is 0. The summed E-state index contributed by atoms with van der Waals surface area (Å²) >= 11 is 0. The Kier molecular flexibility index (Phi) is 4.45. The van der Waals surface area contributed by atoms with Gasteiger partial charge >= 0.3 is 0 Å². The Bertz CT molecular complexity index is 349. The number of piperazine rings is 1.